The van der Waals surface area contributed by atoms with Crippen molar-refractivity contribution in [3.8, 4) is 0 Å². The Bertz CT molecular complexity index is 82.4. The second kappa shape index (κ2) is 7.65. The topological polar surface area (TPSA) is 77.8 Å². The first-order chi connectivity index (χ1) is 4.91. The maximum absolute atomic E-state index is 9.25. The molecule has 0 heterocycles. The largest absolute Gasteiger partial charge is 0.391 e. The zero-order valence-corrected chi connectivity index (χ0v) is 7.06. The van der Waals surface area contributed by atoms with E-state index in [-0.39, 0.29) is 0 Å². The van der Waals surface area contributed by atoms with Crippen LogP contribution in [0, 0.1) is 0 Å². The van der Waals surface area contributed by atoms with Crippen LogP contribution in [0.3, 0.4) is 0 Å². The van der Waals surface area contributed by atoms with Crippen molar-refractivity contribution in [1.29, 1.82) is 0 Å². The Morgan fingerprint density at radius 3 is 1.18 bits per heavy atom. The average molecular weight is 164 g/mol. The van der Waals surface area contributed by atoms with E-state index in [0.717, 1.165) is 0 Å². The normalized spacial score (nSPS) is 17.3. The zero-order chi connectivity index (χ0) is 9.44. The minimum absolute atomic E-state index is 0.472. The second-order valence-corrected chi connectivity index (χ2v) is 2.36. The molecule has 0 saturated carbocycles. The lowest BCUT2D eigenvalue weighted by Crippen LogP contribution is -2.17. The lowest BCUT2D eigenvalue weighted by molar-refractivity contribution is -0.114. The van der Waals surface area contributed by atoms with Crippen LogP contribution in [0.15, 0.2) is 0 Å². The molecule has 0 aliphatic heterocycles. The van der Waals surface area contributed by atoms with Gasteiger partial charge < -0.3 is 20.1 Å². The Kier molecular flexibility index (Phi) is 9.16. The number of aldehydes is 1. The van der Waals surface area contributed by atoms with E-state index in [1.807, 2.05) is 0 Å². The average Bonchev–Trinajstić information content (AvgIpc) is 1.89. The molecule has 0 rings (SSSR count). The number of carbonyl (C=O) groups is 1. The van der Waals surface area contributed by atoms with E-state index in [1.54, 1.807) is 13.8 Å². The number of rotatable bonds is 2. The summed E-state index contributed by atoms with van der Waals surface area (Å²) in [6, 6.07) is 0. The van der Waals surface area contributed by atoms with Gasteiger partial charge in [-0.1, -0.05) is 0 Å². The summed E-state index contributed by atoms with van der Waals surface area (Å²) >= 11 is 0. The summed E-state index contributed by atoms with van der Waals surface area (Å²) in [4.78, 5) is 9.25. The van der Waals surface area contributed by atoms with E-state index < -0.39 is 18.3 Å². The molecule has 0 fully saturated rings. The molecule has 0 amide bonds. The Labute approximate surface area is 66.5 Å². The van der Waals surface area contributed by atoms with E-state index in [0.29, 0.717) is 6.29 Å². The van der Waals surface area contributed by atoms with E-state index in [1.165, 1.54) is 6.92 Å². The van der Waals surface area contributed by atoms with Gasteiger partial charge in [0.1, 0.15) is 12.4 Å². The fraction of sp³-hybridized carbons (Fsp3) is 0.857. The second-order valence-electron chi connectivity index (χ2n) is 2.36. The van der Waals surface area contributed by atoms with E-state index in [9.17, 15) is 4.79 Å². The third kappa shape index (κ3) is 17.7. The van der Waals surface area contributed by atoms with E-state index >= 15 is 0 Å². The summed E-state index contributed by atoms with van der Waals surface area (Å²) in [6.07, 6.45) is -1.51. The maximum atomic E-state index is 9.25. The molecule has 3 unspecified atom stereocenters. The molecule has 3 atom stereocenters. The summed E-state index contributed by atoms with van der Waals surface area (Å²) in [6.45, 7) is 4.50. The van der Waals surface area contributed by atoms with Gasteiger partial charge in [0.15, 0.2) is 0 Å². The van der Waals surface area contributed by atoms with Crippen LogP contribution in [0.5, 0.6) is 0 Å². The van der Waals surface area contributed by atoms with Crippen molar-refractivity contribution in [2.24, 2.45) is 0 Å². The summed E-state index contributed by atoms with van der Waals surface area (Å²) in [5, 5.41) is 24.8. The molecule has 4 nitrogen and oxygen atoms in total. The van der Waals surface area contributed by atoms with Crippen LogP contribution in [-0.4, -0.2) is 39.9 Å². The minimum atomic E-state index is -0.796. The Balaban J connectivity index is 0. The van der Waals surface area contributed by atoms with Gasteiger partial charge in [0.05, 0.1) is 12.2 Å². The van der Waals surface area contributed by atoms with Crippen molar-refractivity contribution in [3.05, 3.63) is 0 Å². The summed E-state index contributed by atoms with van der Waals surface area (Å²) in [5.41, 5.74) is 0. The van der Waals surface area contributed by atoms with Gasteiger partial charge in [0.2, 0.25) is 0 Å². The molecular weight excluding hydrogens is 148 g/mol. The molecule has 0 aliphatic rings. The summed E-state index contributed by atoms with van der Waals surface area (Å²) in [5.74, 6) is 0. The molecule has 3 N–H and O–H groups in total. The molecule has 11 heavy (non-hydrogen) atoms. The van der Waals surface area contributed by atoms with Crippen molar-refractivity contribution >= 4 is 6.29 Å². The SMILES string of the molecule is CC(O)C(C)O.CC(O)C=O. The highest BCUT2D eigenvalue weighted by Crippen LogP contribution is 1.85. The molecule has 0 aromatic carbocycles. The van der Waals surface area contributed by atoms with Crippen molar-refractivity contribution in [1.82, 2.24) is 0 Å². The molecule has 68 valence electrons. The summed E-state index contributed by atoms with van der Waals surface area (Å²) < 4.78 is 0. The number of aliphatic hydroxyl groups is 3. The smallest absolute Gasteiger partial charge is 0.148 e. The molecule has 0 aromatic heterocycles. The van der Waals surface area contributed by atoms with Crippen molar-refractivity contribution in [3.63, 3.8) is 0 Å². The fourth-order valence-corrected chi connectivity index (χ4v) is 0. The van der Waals surface area contributed by atoms with Crippen LogP contribution in [0.4, 0.5) is 0 Å². The van der Waals surface area contributed by atoms with Gasteiger partial charge in [0, 0.05) is 0 Å². The third-order valence-electron chi connectivity index (χ3n) is 0.895. The van der Waals surface area contributed by atoms with Crippen LogP contribution >= 0.6 is 0 Å². The van der Waals surface area contributed by atoms with Crippen LogP contribution < -0.4 is 0 Å². The van der Waals surface area contributed by atoms with Gasteiger partial charge in [-0.3, -0.25) is 0 Å². The molecule has 0 radical (unpaired) electrons. The molecular formula is C7H16O4. The number of carbonyl (C=O) groups excluding carboxylic acids is 1. The number of hydrogen-bond acceptors (Lipinski definition) is 4. The van der Waals surface area contributed by atoms with Crippen LogP contribution in [-0.2, 0) is 4.79 Å². The van der Waals surface area contributed by atoms with Crippen molar-refractivity contribution in [2.75, 3.05) is 0 Å². The highest BCUT2D eigenvalue weighted by Gasteiger charge is 1.99. The van der Waals surface area contributed by atoms with Gasteiger partial charge in [-0.25, -0.2) is 0 Å². The zero-order valence-electron chi connectivity index (χ0n) is 7.06. The third-order valence-corrected chi connectivity index (χ3v) is 0.895. The molecule has 0 bridgehead atoms. The Morgan fingerprint density at radius 2 is 1.18 bits per heavy atom. The first-order valence-electron chi connectivity index (χ1n) is 3.41. The standard InChI is InChI=1S/C4H10O2.C3H6O2/c1-3(5)4(2)6;1-3(5)2-4/h3-6H,1-2H3;2-3,5H,1H3. The van der Waals surface area contributed by atoms with Gasteiger partial charge in [0.25, 0.3) is 0 Å². The maximum Gasteiger partial charge on any atom is 0.148 e. The first-order valence-corrected chi connectivity index (χ1v) is 3.41. The lowest BCUT2D eigenvalue weighted by atomic mass is 10.3. The van der Waals surface area contributed by atoms with Gasteiger partial charge in [-0.15, -0.1) is 0 Å². The number of aliphatic hydroxyl groups excluding tert-OH is 3. The lowest BCUT2D eigenvalue weighted by Gasteiger charge is -2.03. The number of hydrogen-bond donors (Lipinski definition) is 3. The predicted octanol–water partition coefficient (Wildman–Crippen LogP) is -0.686. The van der Waals surface area contributed by atoms with Crippen molar-refractivity contribution < 1.29 is 20.1 Å². The quantitative estimate of drug-likeness (QED) is 0.472. The highest BCUT2D eigenvalue weighted by atomic mass is 16.3. The molecule has 0 saturated heterocycles. The molecule has 4 heteroatoms. The van der Waals surface area contributed by atoms with E-state index in [2.05, 4.69) is 0 Å². The van der Waals surface area contributed by atoms with E-state index in [4.69, 9.17) is 15.3 Å². The van der Waals surface area contributed by atoms with Crippen molar-refractivity contribution in [2.45, 2.75) is 39.1 Å². The molecule has 0 spiro atoms. The van der Waals surface area contributed by atoms with Gasteiger partial charge >= 0.3 is 0 Å². The van der Waals surface area contributed by atoms with Crippen LogP contribution in [0.1, 0.15) is 20.8 Å². The Hall–Kier alpha value is -0.450. The van der Waals surface area contributed by atoms with Crippen LogP contribution in [0.25, 0.3) is 0 Å². The molecule has 0 aliphatic carbocycles. The predicted molar refractivity (Wildman–Crippen MR) is 41.1 cm³/mol. The Morgan fingerprint density at radius 1 is 1.00 bits per heavy atom. The fourth-order valence-electron chi connectivity index (χ4n) is 0. The van der Waals surface area contributed by atoms with Crippen LogP contribution in [0.2, 0.25) is 0 Å². The summed E-state index contributed by atoms with van der Waals surface area (Å²) in [7, 11) is 0. The highest BCUT2D eigenvalue weighted by molar-refractivity contribution is 5.54. The van der Waals surface area contributed by atoms with Gasteiger partial charge in [-0.05, 0) is 20.8 Å². The molecule has 0 aromatic rings. The first kappa shape index (κ1) is 13.2. The minimum Gasteiger partial charge on any atom is -0.391 e. The van der Waals surface area contributed by atoms with Gasteiger partial charge in [-0.2, -0.15) is 0 Å². The monoisotopic (exact) mass is 164 g/mol.